The number of nitrogens with one attached hydrogen (secondary N) is 1. The van der Waals surface area contributed by atoms with Crippen molar-refractivity contribution >= 4 is 40.9 Å². The summed E-state index contributed by atoms with van der Waals surface area (Å²) in [7, 11) is 0. The van der Waals surface area contributed by atoms with Crippen molar-refractivity contribution in [1.82, 2.24) is 0 Å². The van der Waals surface area contributed by atoms with Crippen LogP contribution in [-0.4, -0.2) is 12.5 Å². The van der Waals surface area contributed by atoms with E-state index >= 15 is 0 Å². The number of hydrogen-bond acceptors (Lipinski definition) is 3. The smallest absolute Gasteiger partial charge is 0.266 e. The molecule has 0 fully saturated rings. The van der Waals surface area contributed by atoms with Gasteiger partial charge in [0.1, 0.15) is 11.6 Å². The standard InChI is InChI=1S/C19H16Cl2N2O2/c1-2-8-25-18-16(20)10-13(11-17(18)21)9-14(12-22)19(24)23-15-6-4-3-5-7-15/h3-7,9-11H,2,8H2,1H3,(H,23,24)/b14-9+. The van der Waals surface area contributed by atoms with Crippen LogP contribution < -0.4 is 10.1 Å². The number of nitriles is 1. The van der Waals surface area contributed by atoms with Gasteiger partial charge >= 0.3 is 0 Å². The van der Waals surface area contributed by atoms with Gasteiger partial charge in [-0.2, -0.15) is 5.26 Å². The predicted molar refractivity (Wildman–Crippen MR) is 101 cm³/mol. The van der Waals surface area contributed by atoms with Gasteiger partial charge in [-0.3, -0.25) is 4.79 Å². The van der Waals surface area contributed by atoms with Crippen molar-refractivity contribution in [2.24, 2.45) is 0 Å². The lowest BCUT2D eigenvalue weighted by Gasteiger charge is -2.10. The SMILES string of the molecule is CCCOc1c(Cl)cc(/C=C(\C#N)C(=O)Nc2ccccc2)cc1Cl. The minimum Gasteiger partial charge on any atom is -0.490 e. The lowest BCUT2D eigenvalue weighted by atomic mass is 10.1. The largest absolute Gasteiger partial charge is 0.490 e. The molecule has 4 nitrogen and oxygen atoms in total. The van der Waals surface area contributed by atoms with Gasteiger partial charge in [-0.05, 0) is 42.3 Å². The molecular weight excluding hydrogens is 359 g/mol. The zero-order valence-electron chi connectivity index (χ0n) is 13.6. The van der Waals surface area contributed by atoms with Crippen molar-refractivity contribution in [1.29, 1.82) is 5.26 Å². The Kier molecular flexibility index (Phi) is 6.88. The zero-order chi connectivity index (χ0) is 18.2. The van der Waals surface area contributed by atoms with Gasteiger partial charge < -0.3 is 10.1 Å². The number of hydrogen-bond donors (Lipinski definition) is 1. The molecule has 128 valence electrons. The van der Waals surface area contributed by atoms with Crippen LogP contribution >= 0.6 is 23.2 Å². The maximum absolute atomic E-state index is 12.2. The highest BCUT2D eigenvalue weighted by Gasteiger charge is 2.12. The van der Waals surface area contributed by atoms with E-state index in [9.17, 15) is 10.1 Å². The molecule has 0 radical (unpaired) electrons. The van der Waals surface area contributed by atoms with E-state index in [0.29, 0.717) is 33.7 Å². The monoisotopic (exact) mass is 374 g/mol. The quantitative estimate of drug-likeness (QED) is 0.549. The van der Waals surface area contributed by atoms with Crippen molar-refractivity contribution < 1.29 is 9.53 Å². The Labute approximate surface area is 156 Å². The van der Waals surface area contributed by atoms with E-state index in [1.165, 1.54) is 6.08 Å². The van der Waals surface area contributed by atoms with Crippen LogP contribution in [0.5, 0.6) is 5.75 Å². The molecular formula is C19H16Cl2N2O2. The summed E-state index contributed by atoms with van der Waals surface area (Å²) in [5.41, 5.74) is 1.09. The summed E-state index contributed by atoms with van der Waals surface area (Å²) in [6.07, 6.45) is 2.26. The van der Waals surface area contributed by atoms with Gasteiger partial charge in [0.25, 0.3) is 5.91 Å². The molecule has 0 unspecified atom stereocenters. The number of benzene rings is 2. The van der Waals surface area contributed by atoms with E-state index in [0.717, 1.165) is 6.42 Å². The number of ether oxygens (including phenoxy) is 1. The summed E-state index contributed by atoms with van der Waals surface area (Å²) >= 11 is 12.4. The minimum absolute atomic E-state index is 0.0572. The van der Waals surface area contributed by atoms with Crippen LogP contribution in [0.4, 0.5) is 5.69 Å². The van der Waals surface area contributed by atoms with Crippen molar-refractivity contribution in [3.63, 3.8) is 0 Å². The Bertz CT molecular complexity index is 804. The minimum atomic E-state index is -0.507. The number of rotatable bonds is 6. The molecule has 6 heteroatoms. The van der Waals surface area contributed by atoms with Crippen molar-refractivity contribution in [2.75, 3.05) is 11.9 Å². The van der Waals surface area contributed by atoms with Crippen molar-refractivity contribution in [3.8, 4) is 11.8 Å². The van der Waals surface area contributed by atoms with Gasteiger partial charge in [0.15, 0.2) is 5.75 Å². The molecule has 0 aliphatic rings. The van der Waals surface area contributed by atoms with Crippen LogP contribution in [0.2, 0.25) is 10.0 Å². The summed E-state index contributed by atoms with van der Waals surface area (Å²) < 4.78 is 5.50. The third kappa shape index (κ3) is 5.25. The highest BCUT2D eigenvalue weighted by atomic mass is 35.5. The van der Waals surface area contributed by atoms with Gasteiger partial charge in [0.05, 0.1) is 16.7 Å². The average Bonchev–Trinajstić information content (AvgIpc) is 2.59. The van der Waals surface area contributed by atoms with Gasteiger partial charge in [0.2, 0.25) is 0 Å². The maximum Gasteiger partial charge on any atom is 0.266 e. The molecule has 2 aromatic carbocycles. The second-order valence-corrected chi connectivity index (χ2v) is 5.97. The van der Waals surface area contributed by atoms with Gasteiger partial charge in [-0.1, -0.05) is 48.3 Å². The molecule has 1 N–H and O–H groups in total. The molecule has 0 spiro atoms. The normalized spacial score (nSPS) is 10.9. The van der Waals surface area contributed by atoms with E-state index in [1.54, 1.807) is 36.4 Å². The van der Waals surface area contributed by atoms with Crippen LogP contribution in [0.1, 0.15) is 18.9 Å². The summed E-state index contributed by atoms with van der Waals surface area (Å²) in [6.45, 7) is 2.47. The molecule has 1 amide bonds. The molecule has 25 heavy (non-hydrogen) atoms. The first kappa shape index (κ1) is 18.9. The molecule has 0 aliphatic heterocycles. The molecule has 0 aliphatic carbocycles. The molecule has 0 heterocycles. The van der Waals surface area contributed by atoms with Gasteiger partial charge in [-0.15, -0.1) is 0 Å². The Morgan fingerprint density at radius 2 is 1.88 bits per heavy atom. The number of nitrogens with zero attached hydrogens (tertiary/aromatic N) is 1. The highest BCUT2D eigenvalue weighted by molar-refractivity contribution is 6.37. The average molecular weight is 375 g/mol. The second kappa shape index (κ2) is 9.12. The van der Waals surface area contributed by atoms with Gasteiger partial charge in [-0.25, -0.2) is 0 Å². The lowest BCUT2D eigenvalue weighted by Crippen LogP contribution is -2.13. The number of carbonyl (C=O) groups excluding carboxylic acids is 1. The number of amides is 1. The summed E-state index contributed by atoms with van der Waals surface area (Å²) in [4.78, 5) is 12.2. The number of halogens is 2. The molecule has 2 aromatic rings. The Morgan fingerprint density at radius 3 is 2.44 bits per heavy atom. The van der Waals surface area contributed by atoms with Crippen LogP contribution in [0.15, 0.2) is 48.0 Å². The summed E-state index contributed by atoms with van der Waals surface area (Å²) in [5, 5.41) is 12.6. The molecule has 0 saturated heterocycles. The fraction of sp³-hybridized carbons (Fsp3) is 0.158. The first-order valence-electron chi connectivity index (χ1n) is 7.65. The van der Waals surface area contributed by atoms with Crippen LogP contribution in [0.3, 0.4) is 0 Å². The zero-order valence-corrected chi connectivity index (χ0v) is 15.1. The number of para-hydroxylation sites is 1. The van der Waals surface area contributed by atoms with E-state index in [-0.39, 0.29) is 5.57 Å². The summed E-state index contributed by atoms with van der Waals surface area (Å²) in [5.74, 6) is -0.109. The number of carbonyl (C=O) groups is 1. The van der Waals surface area contributed by atoms with Crippen molar-refractivity contribution in [2.45, 2.75) is 13.3 Å². The van der Waals surface area contributed by atoms with Crippen LogP contribution in [-0.2, 0) is 4.79 Å². The Balaban J connectivity index is 2.24. The Morgan fingerprint density at radius 1 is 1.24 bits per heavy atom. The molecule has 0 atom stereocenters. The van der Waals surface area contributed by atoms with E-state index < -0.39 is 5.91 Å². The third-order valence-corrected chi connectivity index (χ3v) is 3.74. The van der Waals surface area contributed by atoms with Crippen LogP contribution in [0, 0.1) is 11.3 Å². The molecule has 2 rings (SSSR count). The first-order valence-corrected chi connectivity index (χ1v) is 8.40. The Hall–Kier alpha value is -2.48. The van der Waals surface area contributed by atoms with Crippen LogP contribution in [0.25, 0.3) is 6.08 Å². The second-order valence-electron chi connectivity index (χ2n) is 5.15. The fourth-order valence-corrected chi connectivity index (χ4v) is 2.65. The highest BCUT2D eigenvalue weighted by Crippen LogP contribution is 2.35. The molecule has 0 saturated carbocycles. The topological polar surface area (TPSA) is 62.1 Å². The summed E-state index contributed by atoms with van der Waals surface area (Å²) in [6, 6.07) is 14.0. The van der Waals surface area contributed by atoms with E-state index in [2.05, 4.69) is 5.32 Å². The number of anilines is 1. The predicted octanol–water partition coefficient (Wildman–Crippen LogP) is 5.33. The third-order valence-electron chi connectivity index (χ3n) is 3.18. The molecule has 0 aromatic heterocycles. The maximum atomic E-state index is 12.2. The molecule has 0 bridgehead atoms. The van der Waals surface area contributed by atoms with Crippen molar-refractivity contribution in [3.05, 3.63) is 63.6 Å². The lowest BCUT2D eigenvalue weighted by molar-refractivity contribution is -0.112. The van der Waals surface area contributed by atoms with Gasteiger partial charge in [0, 0.05) is 5.69 Å². The van der Waals surface area contributed by atoms with E-state index in [1.807, 2.05) is 19.1 Å². The first-order chi connectivity index (χ1) is 12.0. The van der Waals surface area contributed by atoms with E-state index in [4.69, 9.17) is 27.9 Å². The fourth-order valence-electron chi connectivity index (χ4n) is 2.04.